The molecule has 33 heavy (non-hydrogen) atoms. The molecule has 0 saturated carbocycles. The zero-order chi connectivity index (χ0) is 24.4. The molecule has 0 bridgehead atoms. The number of ether oxygens (including phenoxy) is 1. The Hall–Kier alpha value is -3.17. The number of benzene rings is 1. The summed E-state index contributed by atoms with van der Waals surface area (Å²) in [4.78, 5) is 18.5. The first-order chi connectivity index (χ1) is 15.4. The number of aliphatic hydroxyl groups is 1. The van der Waals surface area contributed by atoms with E-state index in [-0.39, 0.29) is 34.2 Å². The minimum absolute atomic E-state index is 0.00666. The van der Waals surface area contributed by atoms with Crippen molar-refractivity contribution in [1.29, 1.82) is 0 Å². The van der Waals surface area contributed by atoms with Crippen LogP contribution >= 0.6 is 11.6 Å². The molecule has 0 fully saturated rings. The fraction of sp³-hybridized carbons (Fsp3) is 0.261. The Bertz CT molecular complexity index is 1160. The van der Waals surface area contributed by atoms with E-state index in [1.165, 1.54) is 62.6 Å². The van der Waals surface area contributed by atoms with Gasteiger partial charge in [-0.05, 0) is 48.4 Å². The molecular weight excluding hydrogens is 461 g/mol. The van der Waals surface area contributed by atoms with Crippen LogP contribution in [0.25, 0.3) is 0 Å². The van der Waals surface area contributed by atoms with E-state index in [1.807, 2.05) is 0 Å². The monoisotopic (exact) mass is 480 g/mol. The van der Waals surface area contributed by atoms with Crippen molar-refractivity contribution in [1.82, 2.24) is 9.97 Å². The molecule has 0 spiro atoms. The van der Waals surface area contributed by atoms with Crippen molar-refractivity contribution in [3.8, 4) is 5.75 Å². The highest BCUT2D eigenvalue weighted by molar-refractivity contribution is 6.31. The van der Waals surface area contributed by atoms with Crippen LogP contribution in [0.4, 0.5) is 13.2 Å². The van der Waals surface area contributed by atoms with Crippen LogP contribution in [0, 0.1) is 6.92 Å². The van der Waals surface area contributed by atoms with Crippen LogP contribution in [0.3, 0.4) is 0 Å². The smallest absolute Gasteiger partial charge is 0.422 e. The van der Waals surface area contributed by atoms with Gasteiger partial charge in [0.15, 0.2) is 5.60 Å². The van der Waals surface area contributed by atoms with Crippen LogP contribution in [0.2, 0.25) is 5.02 Å². The summed E-state index contributed by atoms with van der Waals surface area (Å²) in [6, 6.07) is 9.38. The Morgan fingerprint density at radius 3 is 2.42 bits per heavy atom. The third-order valence-corrected chi connectivity index (χ3v) is 5.61. The number of aromatic carboxylic acids is 1. The third-order valence-electron chi connectivity index (χ3n) is 5.28. The lowest BCUT2D eigenvalue weighted by Gasteiger charge is -2.37. The molecule has 0 radical (unpaired) electrons. The van der Waals surface area contributed by atoms with Crippen molar-refractivity contribution < 1.29 is 32.9 Å². The number of nitrogens with zero attached hydrogens (tertiary/aromatic N) is 2. The normalized spacial score (nSPS) is 14.4. The molecule has 10 heteroatoms. The van der Waals surface area contributed by atoms with E-state index in [4.69, 9.17) is 21.4 Å². The summed E-state index contributed by atoms with van der Waals surface area (Å²) in [5.41, 5.74) is -2.61. The Labute approximate surface area is 192 Å². The summed E-state index contributed by atoms with van der Waals surface area (Å²) in [7, 11) is 0. The molecule has 2 atom stereocenters. The summed E-state index contributed by atoms with van der Waals surface area (Å²) in [5, 5.41) is 19.8. The van der Waals surface area contributed by atoms with Crippen molar-refractivity contribution in [2.24, 2.45) is 0 Å². The number of aryl methyl sites for hydroxylation is 1. The van der Waals surface area contributed by atoms with Gasteiger partial charge in [0.05, 0.1) is 0 Å². The number of rotatable bonds is 7. The molecule has 0 amide bonds. The van der Waals surface area contributed by atoms with E-state index in [0.717, 1.165) is 6.07 Å². The number of alkyl halides is 3. The number of halogens is 4. The maximum Gasteiger partial charge on any atom is 0.422 e. The van der Waals surface area contributed by atoms with E-state index in [9.17, 15) is 23.1 Å². The fourth-order valence-electron chi connectivity index (χ4n) is 3.42. The van der Waals surface area contributed by atoms with Gasteiger partial charge in [0.1, 0.15) is 18.1 Å². The number of carboxylic acids is 1. The van der Waals surface area contributed by atoms with E-state index in [1.54, 1.807) is 0 Å². The predicted molar refractivity (Wildman–Crippen MR) is 114 cm³/mol. The molecule has 0 aliphatic heterocycles. The lowest BCUT2D eigenvalue weighted by atomic mass is 9.78. The number of carboxylic acid groups (broad SMARTS) is 1. The Kier molecular flexibility index (Phi) is 6.94. The van der Waals surface area contributed by atoms with Crippen LogP contribution in [0.5, 0.6) is 5.75 Å². The third kappa shape index (κ3) is 5.09. The SMILES string of the molecule is Cc1cc(C(O)(C(C)c2ccc(OCc3ccc(C(=O)O)nc3)cc2Cl)C(F)(F)F)ccn1. The number of carbonyl (C=O) groups is 1. The minimum Gasteiger partial charge on any atom is -0.489 e. The largest absolute Gasteiger partial charge is 0.489 e. The van der Waals surface area contributed by atoms with Crippen LogP contribution in [0.1, 0.15) is 45.7 Å². The van der Waals surface area contributed by atoms with Gasteiger partial charge < -0.3 is 14.9 Å². The van der Waals surface area contributed by atoms with Crippen molar-refractivity contribution in [3.63, 3.8) is 0 Å². The quantitative estimate of drug-likeness (QED) is 0.478. The second-order valence-corrected chi connectivity index (χ2v) is 7.91. The van der Waals surface area contributed by atoms with Crippen molar-refractivity contribution in [2.45, 2.75) is 38.1 Å². The zero-order valence-electron chi connectivity index (χ0n) is 17.6. The number of hydrogen-bond acceptors (Lipinski definition) is 5. The highest BCUT2D eigenvalue weighted by atomic mass is 35.5. The highest BCUT2D eigenvalue weighted by Crippen LogP contribution is 2.50. The first kappa shape index (κ1) is 24.5. The van der Waals surface area contributed by atoms with Crippen molar-refractivity contribution in [2.75, 3.05) is 0 Å². The van der Waals surface area contributed by atoms with Crippen LogP contribution in [-0.4, -0.2) is 32.3 Å². The van der Waals surface area contributed by atoms with Gasteiger partial charge in [-0.15, -0.1) is 0 Å². The van der Waals surface area contributed by atoms with Gasteiger partial charge in [-0.2, -0.15) is 13.2 Å². The van der Waals surface area contributed by atoms with Crippen LogP contribution in [0.15, 0.2) is 54.9 Å². The van der Waals surface area contributed by atoms with E-state index >= 15 is 0 Å². The molecule has 3 aromatic rings. The summed E-state index contributed by atoms with van der Waals surface area (Å²) < 4.78 is 47.8. The maximum atomic E-state index is 14.1. The number of hydrogen-bond donors (Lipinski definition) is 2. The first-order valence-corrected chi connectivity index (χ1v) is 10.1. The molecule has 0 saturated heterocycles. The molecule has 2 N–H and O–H groups in total. The van der Waals surface area contributed by atoms with Gasteiger partial charge in [0, 0.05) is 34.6 Å². The molecule has 1 aromatic carbocycles. The molecular formula is C23H20ClF3N2O4. The zero-order valence-corrected chi connectivity index (χ0v) is 18.4. The van der Waals surface area contributed by atoms with Gasteiger partial charge >= 0.3 is 12.1 Å². The highest BCUT2D eigenvalue weighted by Gasteiger charge is 2.59. The molecule has 2 heterocycles. The molecule has 174 valence electrons. The molecule has 3 rings (SSSR count). The van der Waals surface area contributed by atoms with Gasteiger partial charge in [-0.25, -0.2) is 9.78 Å². The molecule has 6 nitrogen and oxygen atoms in total. The summed E-state index contributed by atoms with van der Waals surface area (Å²) in [5.74, 6) is -2.30. The fourth-order valence-corrected chi connectivity index (χ4v) is 3.75. The summed E-state index contributed by atoms with van der Waals surface area (Å²) >= 11 is 6.29. The van der Waals surface area contributed by atoms with Crippen molar-refractivity contribution >= 4 is 17.6 Å². The average Bonchev–Trinajstić information content (AvgIpc) is 2.76. The van der Waals surface area contributed by atoms with E-state index in [2.05, 4.69) is 9.97 Å². The first-order valence-electron chi connectivity index (χ1n) is 9.76. The Morgan fingerprint density at radius 1 is 1.15 bits per heavy atom. The second-order valence-electron chi connectivity index (χ2n) is 7.50. The molecule has 0 aliphatic rings. The minimum atomic E-state index is -4.98. The standard InChI is InChI=1S/C23H20ClF3N2O4/c1-13-9-16(7-8-28-13)22(32,23(25,26)27)14(2)18-5-4-17(10-19(18)24)33-12-15-3-6-20(21(30)31)29-11-15/h3-11,14,32H,12H2,1-2H3,(H,30,31). The van der Waals surface area contributed by atoms with Crippen LogP contribution in [-0.2, 0) is 12.2 Å². The van der Waals surface area contributed by atoms with E-state index in [0.29, 0.717) is 11.3 Å². The Morgan fingerprint density at radius 2 is 1.88 bits per heavy atom. The number of aromatic nitrogens is 2. The second kappa shape index (κ2) is 9.36. The van der Waals surface area contributed by atoms with Crippen LogP contribution < -0.4 is 4.74 Å². The van der Waals surface area contributed by atoms with Gasteiger partial charge in [-0.1, -0.05) is 30.7 Å². The molecule has 2 unspecified atom stereocenters. The van der Waals surface area contributed by atoms with Gasteiger partial charge in [0.2, 0.25) is 0 Å². The number of pyridine rings is 2. The van der Waals surface area contributed by atoms with E-state index < -0.39 is 23.7 Å². The topological polar surface area (TPSA) is 92.5 Å². The molecule has 0 aliphatic carbocycles. The maximum absolute atomic E-state index is 14.1. The van der Waals surface area contributed by atoms with Crippen molar-refractivity contribution in [3.05, 3.63) is 88.0 Å². The van der Waals surface area contributed by atoms with Gasteiger partial charge in [-0.3, -0.25) is 4.98 Å². The molecule has 2 aromatic heterocycles. The predicted octanol–water partition coefficient (Wildman–Crippen LogP) is 5.27. The lowest BCUT2D eigenvalue weighted by molar-refractivity contribution is -0.274. The van der Waals surface area contributed by atoms with Gasteiger partial charge in [0.25, 0.3) is 0 Å². The lowest BCUT2D eigenvalue weighted by Crippen LogP contribution is -2.46. The summed E-state index contributed by atoms with van der Waals surface area (Å²) in [6.45, 7) is 2.83. The Balaban J connectivity index is 1.84. The average molecular weight is 481 g/mol. The summed E-state index contributed by atoms with van der Waals surface area (Å²) in [6.07, 6.45) is -2.42.